The summed E-state index contributed by atoms with van der Waals surface area (Å²) in [6, 6.07) is 15.9. The van der Waals surface area contributed by atoms with Crippen LogP contribution in [0.3, 0.4) is 0 Å². The van der Waals surface area contributed by atoms with Crippen molar-refractivity contribution in [1.82, 2.24) is 10.3 Å². The summed E-state index contributed by atoms with van der Waals surface area (Å²) in [6.07, 6.45) is 1.73. The fourth-order valence-electron chi connectivity index (χ4n) is 2.49. The van der Waals surface area contributed by atoms with Crippen molar-refractivity contribution in [1.29, 1.82) is 0 Å². The highest BCUT2D eigenvalue weighted by Gasteiger charge is 2.07. The smallest absolute Gasteiger partial charge is 0.220 e. The van der Waals surface area contributed by atoms with Gasteiger partial charge in [0.05, 0.1) is 12.3 Å². The molecule has 0 spiro atoms. The lowest BCUT2D eigenvalue weighted by molar-refractivity contribution is -0.121. The fourth-order valence-corrected chi connectivity index (χ4v) is 3.35. The first kappa shape index (κ1) is 19.0. The van der Waals surface area contributed by atoms with Gasteiger partial charge in [-0.15, -0.1) is 11.3 Å². The van der Waals surface area contributed by atoms with Gasteiger partial charge in [-0.3, -0.25) is 4.79 Å². The zero-order valence-electron chi connectivity index (χ0n) is 14.9. The lowest BCUT2D eigenvalue weighted by Gasteiger charge is -2.07. The predicted octanol–water partition coefficient (Wildman–Crippen LogP) is 4.47. The molecule has 0 bridgehead atoms. The van der Waals surface area contributed by atoms with Gasteiger partial charge in [0.2, 0.25) is 5.91 Å². The molecule has 2 aromatic carbocycles. The Morgan fingerprint density at radius 2 is 1.89 bits per heavy atom. The van der Waals surface area contributed by atoms with E-state index in [2.05, 4.69) is 10.3 Å². The summed E-state index contributed by atoms with van der Waals surface area (Å²) in [6.45, 7) is 1.02. The monoisotopic (exact) mass is 384 g/mol. The second-order valence-corrected chi connectivity index (χ2v) is 6.87. The minimum atomic E-state index is -0.286. The molecule has 27 heavy (non-hydrogen) atoms. The number of amides is 1. The molecule has 1 amide bonds. The summed E-state index contributed by atoms with van der Waals surface area (Å²) in [5.74, 6) is 0.345. The number of carbonyl (C=O) groups excluding carboxylic acids is 1. The van der Waals surface area contributed by atoms with Crippen LogP contribution < -0.4 is 10.1 Å². The summed E-state index contributed by atoms with van der Waals surface area (Å²) in [5, 5.41) is 5.87. The van der Waals surface area contributed by atoms with Crippen LogP contribution in [0.25, 0.3) is 10.6 Å². The molecule has 0 aliphatic carbocycles. The number of nitrogens with one attached hydrogen (secondary N) is 1. The molecule has 1 heterocycles. The van der Waals surface area contributed by atoms with Crippen LogP contribution in [-0.4, -0.2) is 24.0 Å². The molecule has 0 aliphatic rings. The van der Waals surface area contributed by atoms with E-state index in [1.807, 2.05) is 35.7 Å². The number of aromatic nitrogens is 1. The maximum Gasteiger partial charge on any atom is 0.220 e. The van der Waals surface area contributed by atoms with E-state index >= 15 is 0 Å². The fraction of sp³-hybridized carbons (Fsp3) is 0.238. The van der Waals surface area contributed by atoms with Crippen LogP contribution in [0, 0.1) is 5.82 Å². The van der Waals surface area contributed by atoms with Crippen molar-refractivity contribution in [3.8, 4) is 16.3 Å². The topological polar surface area (TPSA) is 51.2 Å². The molecule has 0 aliphatic heterocycles. The van der Waals surface area contributed by atoms with Crippen molar-refractivity contribution in [3.63, 3.8) is 0 Å². The molecule has 0 fully saturated rings. The number of rotatable bonds is 9. The largest absolute Gasteiger partial charge is 0.494 e. The lowest BCUT2D eigenvalue weighted by Crippen LogP contribution is -2.25. The van der Waals surface area contributed by atoms with Gasteiger partial charge in [-0.25, -0.2) is 9.37 Å². The summed E-state index contributed by atoms with van der Waals surface area (Å²) >= 11 is 1.59. The third-order valence-electron chi connectivity index (χ3n) is 3.91. The van der Waals surface area contributed by atoms with Gasteiger partial charge in [-0.1, -0.05) is 30.3 Å². The summed E-state index contributed by atoms with van der Waals surface area (Å²) in [7, 11) is 0. The van der Waals surface area contributed by atoms with E-state index in [0.717, 1.165) is 16.3 Å². The van der Waals surface area contributed by atoms with Crippen LogP contribution in [0.4, 0.5) is 4.39 Å². The van der Waals surface area contributed by atoms with Gasteiger partial charge in [0, 0.05) is 23.9 Å². The zero-order chi connectivity index (χ0) is 18.9. The Hall–Kier alpha value is -2.73. The number of benzene rings is 2. The Kier molecular flexibility index (Phi) is 6.93. The summed E-state index contributed by atoms with van der Waals surface area (Å²) < 4.78 is 18.3. The minimum absolute atomic E-state index is 0.00560. The number of halogens is 1. The van der Waals surface area contributed by atoms with E-state index in [1.54, 1.807) is 23.5 Å². The zero-order valence-corrected chi connectivity index (χ0v) is 15.7. The molecule has 0 atom stereocenters. The molecule has 1 aromatic heterocycles. The third-order valence-corrected chi connectivity index (χ3v) is 4.85. The molecule has 1 N–H and O–H groups in total. The second-order valence-electron chi connectivity index (χ2n) is 6.02. The second kappa shape index (κ2) is 9.83. The van der Waals surface area contributed by atoms with Crippen molar-refractivity contribution in [2.75, 3.05) is 13.2 Å². The molecular weight excluding hydrogens is 363 g/mol. The normalized spacial score (nSPS) is 10.6. The first-order chi connectivity index (χ1) is 13.2. The van der Waals surface area contributed by atoms with Crippen molar-refractivity contribution in [2.45, 2.75) is 19.3 Å². The average molecular weight is 384 g/mol. The van der Waals surface area contributed by atoms with Crippen LogP contribution in [0.15, 0.2) is 60.0 Å². The van der Waals surface area contributed by atoms with E-state index in [0.29, 0.717) is 38.2 Å². The Bertz CT molecular complexity index is 850. The molecule has 0 saturated heterocycles. The van der Waals surface area contributed by atoms with Crippen LogP contribution in [-0.2, 0) is 11.2 Å². The number of hydrogen-bond donors (Lipinski definition) is 1. The molecule has 0 unspecified atom stereocenters. The van der Waals surface area contributed by atoms with Gasteiger partial charge >= 0.3 is 0 Å². The van der Waals surface area contributed by atoms with Gasteiger partial charge < -0.3 is 10.1 Å². The first-order valence-electron chi connectivity index (χ1n) is 8.85. The van der Waals surface area contributed by atoms with Crippen molar-refractivity contribution in [3.05, 3.63) is 71.5 Å². The van der Waals surface area contributed by atoms with Crippen LogP contribution in [0.2, 0.25) is 0 Å². The van der Waals surface area contributed by atoms with Crippen molar-refractivity contribution < 1.29 is 13.9 Å². The lowest BCUT2D eigenvalue weighted by atomic mass is 10.2. The Morgan fingerprint density at radius 3 is 2.67 bits per heavy atom. The molecule has 4 nitrogen and oxygen atoms in total. The Labute approximate surface area is 162 Å². The summed E-state index contributed by atoms with van der Waals surface area (Å²) in [4.78, 5) is 16.5. The molecule has 6 heteroatoms. The highest BCUT2D eigenvalue weighted by Crippen LogP contribution is 2.23. The quantitative estimate of drug-likeness (QED) is 0.554. The Morgan fingerprint density at radius 1 is 1.11 bits per heavy atom. The maximum absolute atomic E-state index is 12.8. The van der Waals surface area contributed by atoms with Crippen LogP contribution >= 0.6 is 11.3 Å². The number of ether oxygens (including phenoxy) is 1. The van der Waals surface area contributed by atoms with E-state index in [9.17, 15) is 9.18 Å². The van der Waals surface area contributed by atoms with Crippen molar-refractivity contribution >= 4 is 17.2 Å². The average Bonchev–Trinajstić information content (AvgIpc) is 3.17. The van der Waals surface area contributed by atoms with Crippen LogP contribution in [0.1, 0.15) is 18.5 Å². The van der Waals surface area contributed by atoms with E-state index < -0.39 is 0 Å². The first-order valence-corrected chi connectivity index (χ1v) is 9.73. The van der Waals surface area contributed by atoms with Gasteiger partial charge in [0.1, 0.15) is 16.6 Å². The van der Waals surface area contributed by atoms with Gasteiger partial charge in [-0.05, 0) is 37.1 Å². The molecule has 3 aromatic rings. The standard InChI is InChI=1S/C21H21FN2O2S/c22-17-7-10-19(11-8-17)26-14-4-13-23-20(25)12-9-18-15-27-21(24-18)16-5-2-1-3-6-16/h1-3,5-8,10-11,15H,4,9,12-14H2,(H,23,25). The highest BCUT2D eigenvalue weighted by molar-refractivity contribution is 7.13. The summed E-state index contributed by atoms with van der Waals surface area (Å²) in [5.41, 5.74) is 2.04. The maximum atomic E-state index is 12.8. The molecule has 3 rings (SSSR count). The highest BCUT2D eigenvalue weighted by atomic mass is 32.1. The van der Waals surface area contributed by atoms with Crippen molar-refractivity contribution in [2.24, 2.45) is 0 Å². The van der Waals surface area contributed by atoms with Crippen LogP contribution in [0.5, 0.6) is 5.75 Å². The molecule has 0 radical (unpaired) electrons. The molecule has 140 valence electrons. The number of thiazole rings is 1. The SMILES string of the molecule is O=C(CCc1csc(-c2ccccc2)n1)NCCCOc1ccc(F)cc1. The number of carbonyl (C=O) groups is 1. The number of aryl methyl sites for hydroxylation is 1. The van der Waals surface area contributed by atoms with E-state index in [1.165, 1.54) is 12.1 Å². The van der Waals surface area contributed by atoms with E-state index in [4.69, 9.17) is 4.74 Å². The van der Waals surface area contributed by atoms with Gasteiger partial charge in [0.15, 0.2) is 0 Å². The minimum Gasteiger partial charge on any atom is -0.494 e. The van der Waals surface area contributed by atoms with Gasteiger partial charge in [0.25, 0.3) is 0 Å². The number of hydrogen-bond acceptors (Lipinski definition) is 4. The predicted molar refractivity (Wildman–Crippen MR) is 105 cm³/mol. The Balaban J connectivity index is 1.32. The number of nitrogens with zero attached hydrogens (tertiary/aromatic N) is 1. The van der Waals surface area contributed by atoms with E-state index in [-0.39, 0.29) is 11.7 Å². The third kappa shape index (κ3) is 6.18. The molecular formula is C21H21FN2O2S. The van der Waals surface area contributed by atoms with Gasteiger partial charge in [-0.2, -0.15) is 0 Å². The molecule has 0 saturated carbocycles.